The Morgan fingerprint density at radius 1 is 1.05 bits per heavy atom. The maximum absolute atomic E-state index is 11.6. The zero-order valence-corrected chi connectivity index (χ0v) is 11.4. The SMILES string of the molecule is N#Cc1ccc(Oc2ccc(C(=O)NCC(=O)[O-])cc2)cc1. The second kappa shape index (κ2) is 6.90. The topological polar surface area (TPSA) is 102 Å². The molecule has 0 aliphatic rings. The fraction of sp³-hybridized carbons (Fsp3) is 0.0625. The predicted molar refractivity (Wildman–Crippen MR) is 75.0 cm³/mol. The monoisotopic (exact) mass is 295 g/mol. The van der Waals surface area contributed by atoms with Gasteiger partial charge < -0.3 is 20.0 Å². The summed E-state index contributed by atoms with van der Waals surface area (Å²) in [6.07, 6.45) is 0. The molecule has 110 valence electrons. The number of hydrogen-bond donors (Lipinski definition) is 1. The number of ether oxygens (including phenoxy) is 1. The predicted octanol–water partition coefficient (Wildman–Crippen LogP) is 0.830. The summed E-state index contributed by atoms with van der Waals surface area (Å²) in [7, 11) is 0. The van der Waals surface area contributed by atoms with Crippen molar-refractivity contribution in [1.29, 1.82) is 5.26 Å². The molecule has 0 spiro atoms. The molecule has 0 aliphatic heterocycles. The average molecular weight is 295 g/mol. The Hall–Kier alpha value is -3.33. The highest BCUT2D eigenvalue weighted by Crippen LogP contribution is 2.21. The summed E-state index contributed by atoms with van der Waals surface area (Å²) in [5.41, 5.74) is 0.848. The molecule has 0 radical (unpaired) electrons. The number of nitriles is 1. The quantitative estimate of drug-likeness (QED) is 0.880. The number of carbonyl (C=O) groups excluding carboxylic acids is 2. The van der Waals surface area contributed by atoms with E-state index in [2.05, 4.69) is 5.32 Å². The normalized spacial score (nSPS) is 9.59. The first kappa shape index (κ1) is 15.1. The van der Waals surface area contributed by atoms with Crippen molar-refractivity contribution in [1.82, 2.24) is 5.32 Å². The average Bonchev–Trinajstić information content (AvgIpc) is 2.54. The molecule has 0 unspecified atom stereocenters. The third-order valence-corrected chi connectivity index (χ3v) is 2.73. The molecule has 2 aromatic carbocycles. The molecule has 22 heavy (non-hydrogen) atoms. The molecule has 0 atom stereocenters. The van der Waals surface area contributed by atoms with Gasteiger partial charge in [-0.1, -0.05) is 0 Å². The minimum atomic E-state index is -1.35. The van der Waals surface area contributed by atoms with Crippen LogP contribution in [0.3, 0.4) is 0 Å². The molecule has 6 nitrogen and oxygen atoms in total. The van der Waals surface area contributed by atoms with Gasteiger partial charge in [-0.25, -0.2) is 0 Å². The van der Waals surface area contributed by atoms with Gasteiger partial charge in [0.1, 0.15) is 11.5 Å². The number of carbonyl (C=O) groups is 2. The Morgan fingerprint density at radius 3 is 2.09 bits per heavy atom. The highest BCUT2D eigenvalue weighted by atomic mass is 16.5. The van der Waals surface area contributed by atoms with Crippen molar-refractivity contribution in [2.45, 2.75) is 0 Å². The number of carboxylic acid groups (broad SMARTS) is 1. The fourth-order valence-corrected chi connectivity index (χ4v) is 1.66. The summed E-state index contributed by atoms with van der Waals surface area (Å²) >= 11 is 0. The summed E-state index contributed by atoms with van der Waals surface area (Å²) < 4.78 is 5.57. The van der Waals surface area contributed by atoms with E-state index in [1.165, 1.54) is 12.1 Å². The molecule has 1 N–H and O–H groups in total. The Kier molecular flexibility index (Phi) is 4.73. The number of amides is 1. The molecule has 0 saturated carbocycles. The Morgan fingerprint density at radius 2 is 1.59 bits per heavy atom. The number of nitrogens with one attached hydrogen (secondary N) is 1. The molecular formula is C16H11N2O4-. The molecule has 0 aliphatic carbocycles. The maximum Gasteiger partial charge on any atom is 0.251 e. The van der Waals surface area contributed by atoms with Gasteiger partial charge in [-0.2, -0.15) is 5.26 Å². The van der Waals surface area contributed by atoms with Crippen LogP contribution in [0.25, 0.3) is 0 Å². The van der Waals surface area contributed by atoms with Gasteiger partial charge in [0.15, 0.2) is 0 Å². The van der Waals surface area contributed by atoms with Crippen LogP contribution < -0.4 is 15.2 Å². The number of hydrogen-bond acceptors (Lipinski definition) is 5. The van der Waals surface area contributed by atoms with E-state index in [1.54, 1.807) is 36.4 Å². The van der Waals surface area contributed by atoms with Gasteiger partial charge in [0.05, 0.1) is 24.1 Å². The zero-order valence-electron chi connectivity index (χ0n) is 11.4. The number of aliphatic carboxylic acids is 1. The van der Waals surface area contributed by atoms with Crippen LogP contribution in [0.1, 0.15) is 15.9 Å². The van der Waals surface area contributed by atoms with Crippen molar-refractivity contribution in [2.24, 2.45) is 0 Å². The first-order valence-electron chi connectivity index (χ1n) is 6.34. The van der Waals surface area contributed by atoms with Crippen molar-refractivity contribution >= 4 is 11.9 Å². The molecule has 2 rings (SSSR count). The van der Waals surface area contributed by atoms with Crippen LogP contribution in [0.5, 0.6) is 11.5 Å². The van der Waals surface area contributed by atoms with E-state index in [-0.39, 0.29) is 0 Å². The zero-order chi connectivity index (χ0) is 15.9. The number of nitrogens with zero attached hydrogens (tertiary/aromatic N) is 1. The molecular weight excluding hydrogens is 284 g/mol. The minimum Gasteiger partial charge on any atom is -0.548 e. The number of carboxylic acids is 1. The molecule has 0 fully saturated rings. The van der Waals surface area contributed by atoms with Gasteiger partial charge >= 0.3 is 0 Å². The lowest BCUT2D eigenvalue weighted by atomic mass is 10.2. The van der Waals surface area contributed by atoms with Crippen LogP contribution in [0.4, 0.5) is 0 Å². The second-order valence-electron chi connectivity index (χ2n) is 4.32. The van der Waals surface area contributed by atoms with Crippen molar-refractivity contribution in [2.75, 3.05) is 6.54 Å². The number of rotatable bonds is 5. The van der Waals surface area contributed by atoms with Crippen molar-refractivity contribution in [3.63, 3.8) is 0 Å². The van der Waals surface area contributed by atoms with E-state index in [4.69, 9.17) is 10.00 Å². The lowest BCUT2D eigenvalue weighted by Crippen LogP contribution is -2.37. The molecule has 0 heterocycles. The van der Waals surface area contributed by atoms with Crippen LogP contribution in [-0.4, -0.2) is 18.4 Å². The molecule has 0 bridgehead atoms. The molecule has 0 saturated heterocycles. The van der Waals surface area contributed by atoms with E-state index in [1.807, 2.05) is 6.07 Å². The first-order valence-corrected chi connectivity index (χ1v) is 6.34. The molecule has 2 aromatic rings. The summed E-state index contributed by atoms with van der Waals surface area (Å²) in [5.74, 6) is -0.780. The summed E-state index contributed by atoms with van der Waals surface area (Å²) in [5, 5.41) is 21.2. The van der Waals surface area contributed by atoms with Crippen molar-refractivity contribution < 1.29 is 19.4 Å². The van der Waals surface area contributed by atoms with Gasteiger partial charge in [0.25, 0.3) is 5.91 Å². The minimum absolute atomic E-state index is 0.313. The van der Waals surface area contributed by atoms with Gasteiger partial charge in [0, 0.05) is 5.56 Å². The van der Waals surface area contributed by atoms with E-state index in [0.29, 0.717) is 22.6 Å². The van der Waals surface area contributed by atoms with Crippen LogP contribution in [0.15, 0.2) is 48.5 Å². The lowest BCUT2D eigenvalue weighted by Gasteiger charge is -2.08. The smallest absolute Gasteiger partial charge is 0.251 e. The Balaban J connectivity index is 2.00. The highest BCUT2D eigenvalue weighted by molar-refractivity contribution is 5.95. The van der Waals surface area contributed by atoms with Crippen LogP contribution in [0, 0.1) is 11.3 Å². The van der Waals surface area contributed by atoms with Gasteiger partial charge in [-0.3, -0.25) is 4.79 Å². The summed E-state index contributed by atoms with van der Waals surface area (Å²) in [6.45, 7) is -0.539. The molecule has 6 heteroatoms. The van der Waals surface area contributed by atoms with Crippen molar-refractivity contribution in [3.8, 4) is 17.6 Å². The van der Waals surface area contributed by atoms with Crippen molar-refractivity contribution in [3.05, 3.63) is 59.7 Å². The fourth-order valence-electron chi connectivity index (χ4n) is 1.66. The van der Waals surface area contributed by atoms with Crippen LogP contribution in [0.2, 0.25) is 0 Å². The maximum atomic E-state index is 11.6. The number of benzene rings is 2. The highest BCUT2D eigenvalue weighted by Gasteiger charge is 2.05. The largest absolute Gasteiger partial charge is 0.548 e. The standard InChI is InChI=1S/C16H12N2O4/c17-9-11-1-5-13(6-2-11)22-14-7-3-12(4-8-14)16(21)18-10-15(19)20/h1-8H,10H2,(H,18,21)(H,19,20)/p-1. The third kappa shape index (κ3) is 4.08. The van der Waals surface area contributed by atoms with E-state index < -0.39 is 18.4 Å². The van der Waals surface area contributed by atoms with Gasteiger partial charge in [-0.15, -0.1) is 0 Å². The van der Waals surface area contributed by atoms with Crippen LogP contribution in [-0.2, 0) is 4.79 Å². The first-order chi connectivity index (χ1) is 10.6. The van der Waals surface area contributed by atoms with Gasteiger partial charge in [0.2, 0.25) is 0 Å². The van der Waals surface area contributed by atoms with Crippen LogP contribution >= 0.6 is 0 Å². The Labute approximate surface area is 126 Å². The molecule has 0 aromatic heterocycles. The summed E-state index contributed by atoms with van der Waals surface area (Å²) in [4.78, 5) is 21.9. The second-order valence-corrected chi connectivity index (χ2v) is 4.32. The third-order valence-electron chi connectivity index (χ3n) is 2.73. The summed E-state index contributed by atoms with van der Waals surface area (Å²) in [6, 6.07) is 14.8. The van der Waals surface area contributed by atoms with E-state index in [0.717, 1.165) is 0 Å². The Bertz CT molecular complexity index is 715. The lowest BCUT2D eigenvalue weighted by molar-refractivity contribution is -0.303. The van der Waals surface area contributed by atoms with Gasteiger partial charge in [-0.05, 0) is 48.5 Å². The molecule has 1 amide bonds. The van der Waals surface area contributed by atoms with E-state index in [9.17, 15) is 14.7 Å². The van der Waals surface area contributed by atoms with E-state index >= 15 is 0 Å².